The van der Waals surface area contributed by atoms with Crippen molar-refractivity contribution in [3.8, 4) is 28.4 Å². The van der Waals surface area contributed by atoms with Crippen LogP contribution in [0.15, 0.2) is 36.4 Å². The number of benzene rings is 2. The normalized spacial score (nSPS) is 12.3. The average Bonchev–Trinajstić information content (AvgIpc) is 3.25. The predicted molar refractivity (Wildman–Crippen MR) is 106 cm³/mol. The summed E-state index contributed by atoms with van der Waals surface area (Å²) < 4.78 is 17.7. The first kappa shape index (κ1) is 18.7. The first-order valence-electron chi connectivity index (χ1n) is 8.61. The van der Waals surface area contributed by atoms with E-state index in [0.717, 1.165) is 5.56 Å². The van der Waals surface area contributed by atoms with Gasteiger partial charge in [0.2, 0.25) is 6.79 Å². The lowest BCUT2D eigenvalue weighted by atomic mass is 10.1. The zero-order valence-corrected chi connectivity index (χ0v) is 16.7. The van der Waals surface area contributed by atoms with Gasteiger partial charge in [-0.3, -0.25) is 0 Å². The second-order valence-electron chi connectivity index (χ2n) is 6.12. The highest BCUT2D eigenvalue weighted by Gasteiger charge is 2.25. The maximum absolute atomic E-state index is 12.4. The second kappa shape index (κ2) is 7.37. The largest absolute Gasteiger partial charge is 0.461 e. The van der Waals surface area contributed by atoms with Crippen molar-refractivity contribution in [2.24, 2.45) is 0 Å². The van der Waals surface area contributed by atoms with E-state index in [2.05, 4.69) is 5.10 Å². The third-order valence-corrected chi connectivity index (χ3v) is 4.91. The number of ether oxygens (including phenoxy) is 3. The van der Waals surface area contributed by atoms with E-state index in [9.17, 15) is 4.79 Å². The second-order valence-corrected chi connectivity index (χ2v) is 6.96. The molecule has 144 valence electrons. The molecule has 0 N–H and O–H groups in total. The van der Waals surface area contributed by atoms with Crippen LogP contribution < -0.4 is 9.47 Å². The Hall–Kier alpha value is -2.70. The minimum atomic E-state index is -0.495. The van der Waals surface area contributed by atoms with Gasteiger partial charge in [-0.2, -0.15) is 5.10 Å². The quantitative estimate of drug-likeness (QED) is 0.554. The minimum absolute atomic E-state index is 0.175. The van der Waals surface area contributed by atoms with Crippen LogP contribution in [0.25, 0.3) is 16.9 Å². The minimum Gasteiger partial charge on any atom is -0.461 e. The Kier molecular flexibility index (Phi) is 4.91. The smallest absolute Gasteiger partial charge is 0.359 e. The van der Waals surface area contributed by atoms with Gasteiger partial charge in [0.15, 0.2) is 17.2 Å². The molecule has 0 saturated carbocycles. The van der Waals surface area contributed by atoms with Gasteiger partial charge in [-0.1, -0.05) is 23.2 Å². The number of carbonyl (C=O) groups is 1. The van der Waals surface area contributed by atoms with E-state index in [1.165, 1.54) is 0 Å². The zero-order chi connectivity index (χ0) is 19.8. The molecule has 28 heavy (non-hydrogen) atoms. The lowest BCUT2D eigenvalue weighted by Crippen LogP contribution is -2.08. The predicted octanol–water partition coefficient (Wildman–Crippen LogP) is 5.06. The third kappa shape index (κ3) is 3.19. The molecule has 0 radical (unpaired) electrons. The molecule has 0 amide bonds. The molecule has 2 heterocycles. The fourth-order valence-electron chi connectivity index (χ4n) is 3.10. The molecule has 0 spiro atoms. The molecular weight excluding hydrogens is 403 g/mol. The number of halogens is 2. The van der Waals surface area contributed by atoms with Crippen molar-refractivity contribution in [3.05, 3.63) is 57.7 Å². The van der Waals surface area contributed by atoms with Crippen molar-refractivity contribution >= 4 is 29.2 Å². The Morgan fingerprint density at radius 2 is 1.96 bits per heavy atom. The topological polar surface area (TPSA) is 62.6 Å². The van der Waals surface area contributed by atoms with E-state index in [1.54, 1.807) is 29.8 Å². The third-order valence-electron chi connectivity index (χ3n) is 4.37. The lowest BCUT2D eigenvalue weighted by molar-refractivity contribution is 0.0518. The van der Waals surface area contributed by atoms with Crippen LogP contribution in [0.2, 0.25) is 10.0 Å². The Labute approximate surface area is 171 Å². The molecule has 8 heteroatoms. The summed E-state index contributed by atoms with van der Waals surface area (Å²) in [6.07, 6.45) is 0. The molecule has 6 nitrogen and oxygen atoms in total. The summed E-state index contributed by atoms with van der Waals surface area (Å²) >= 11 is 12.4. The van der Waals surface area contributed by atoms with Gasteiger partial charge in [0, 0.05) is 16.1 Å². The summed E-state index contributed by atoms with van der Waals surface area (Å²) in [5.74, 6) is 0.804. The van der Waals surface area contributed by atoms with Crippen LogP contribution >= 0.6 is 23.2 Å². The molecule has 0 bridgehead atoms. The van der Waals surface area contributed by atoms with Crippen LogP contribution in [-0.4, -0.2) is 29.1 Å². The van der Waals surface area contributed by atoms with Crippen molar-refractivity contribution in [1.82, 2.24) is 9.78 Å². The highest BCUT2D eigenvalue weighted by Crippen LogP contribution is 2.39. The molecule has 4 rings (SSSR count). The molecule has 1 aromatic heterocycles. The Bertz CT molecular complexity index is 1080. The van der Waals surface area contributed by atoms with Crippen molar-refractivity contribution in [3.63, 3.8) is 0 Å². The van der Waals surface area contributed by atoms with E-state index < -0.39 is 5.97 Å². The highest BCUT2D eigenvalue weighted by molar-refractivity contribution is 6.35. The first-order chi connectivity index (χ1) is 13.5. The van der Waals surface area contributed by atoms with Gasteiger partial charge in [-0.05, 0) is 50.2 Å². The van der Waals surface area contributed by atoms with E-state index in [0.29, 0.717) is 38.5 Å². The molecule has 0 unspecified atom stereocenters. The summed E-state index contributed by atoms with van der Waals surface area (Å²) in [6.45, 7) is 4.00. The van der Waals surface area contributed by atoms with Gasteiger partial charge in [0.25, 0.3) is 0 Å². The van der Waals surface area contributed by atoms with Gasteiger partial charge >= 0.3 is 5.97 Å². The SMILES string of the molecule is CCOC(=O)c1nn(-c2ccc(Cl)cc2Cl)c(-c2ccc3c(c2)OCO3)c1C. The number of esters is 1. The number of rotatable bonds is 4. The van der Waals surface area contributed by atoms with Crippen LogP contribution in [-0.2, 0) is 4.74 Å². The van der Waals surface area contributed by atoms with Gasteiger partial charge in [0.05, 0.1) is 23.0 Å². The van der Waals surface area contributed by atoms with Crippen LogP contribution in [0.5, 0.6) is 11.5 Å². The van der Waals surface area contributed by atoms with Crippen molar-refractivity contribution in [2.45, 2.75) is 13.8 Å². The number of nitrogens with zero attached hydrogens (tertiary/aromatic N) is 2. The average molecular weight is 419 g/mol. The molecule has 0 saturated heterocycles. The van der Waals surface area contributed by atoms with Crippen LogP contribution in [0, 0.1) is 6.92 Å². The monoisotopic (exact) mass is 418 g/mol. The number of fused-ring (bicyclic) bond motifs is 1. The van der Waals surface area contributed by atoms with Crippen molar-refractivity contribution < 1.29 is 19.0 Å². The van der Waals surface area contributed by atoms with Gasteiger partial charge < -0.3 is 14.2 Å². The lowest BCUT2D eigenvalue weighted by Gasteiger charge is -2.11. The number of carbonyl (C=O) groups excluding carboxylic acids is 1. The fraction of sp³-hybridized carbons (Fsp3) is 0.200. The van der Waals surface area contributed by atoms with Crippen LogP contribution in [0.3, 0.4) is 0 Å². The maximum Gasteiger partial charge on any atom is 0.359 e. The Morgan fingerprint density at radius 3 is 2.71 bits per heavy atom. The van der Waals surface area contributed by atoms with Gasteiger partial charge in [-0.25, -0.2) is 9.48 Å². The first-order valence-corrected chi connectivity index (χ1v) is 9.37. The summed E-state index contributed by atoms with van der Waals surface area (Å²) in [5, 5.41) is 5.42. The molecular formula is C20H16Cl2N2O4. The van der Waals surface area contributed by atoms with Crippen molar-refractivity contribution in [2.75, 3.05) is 13.4 Å². The fourth-order valence-corrected chi connectivity index (χ4v) is 3.59. The molecule has 0 fully saturated rings. The summed E-state index contributed by atoms with van der Waals surface area (Å²) in [6, 6.07) is 10.6. The maximum atomic E-state index is 12.4. The van der Waals surface area contributed by atoms with Gasteiger partial charge in [-0.15, -0.1) is 0 Å². The molecule has 2 aromatic carbocycles. The molecule has 1 aliphatic rings. The summed E-state index contributed by atoms with van der Waals surface area (Å²) in [5.41, 5.74) is 2.99. The highest BCUT2D eigenvalue weighted by atomic mass is 35.5. The summed E-state index contributed by atoms with van der Waals surface area (Å²) in [7, 11) is 0. The molecule has 1 aliphatic heterocycles. The van der Waals surface area contributed by atoms with Crippen molar-refractivity contribution in [1.29, 1.82) is 0 Å². The number of hydrogen-bond donors (Lipinski definition) is 0. The van der Waals surface area contributed by atoms with Crippen LogP contribution in [0.4, 0.5) is 0 Å². The van der Waals surface area contributed by atoms with E-state index in [4.69, 9.17) is 37.4 Å². The van der Waals surface area contributed by atoms with E-state index >= 15 is 0 Å². The standard InChI is InChI=1S/C20H16Cl2N2O4/c1-3-26-20(25)18-11(2)19(12-4-7-16-17(8-12)28-10-27-16)24(23-18)15-6-5-13(21)9-14(15)22/h4-9H,3,10H2,1-2H3. The number of aromatic nitrogens is 2. The molecule has 0 aliphatic carbocycles. The Morgan fingerprint density at radius 1 is 1.18 bits per heavy atom. The molecule has 3 aromatic rings. The van der Waals surface area contributed by atoms with E-state index in [-0.39, 0.29) is 19.1 Å². The zero-order valence-electron chi connectivity index (χ0n) is 15.2. The van der Waals surface area contributed by atoms with Crippen LogP contribution in [0.1, 0.15) is 23.0 Å². The Balaban J connectivity index is 1.94. The van der Waals surface area contributed by atoms with Gasteiger partial charge in [0.1, 0.15) is 0 Å². The summed E-state index contributed by atoms with van der Waals surface area (Å²) in [4.78, 5) is 12.4. The molecule has 0 atom stereocenters. The number of hydrogen-bond acceptors (Lipinski definition) is 5. The van der Waals surface area contributed by atoms with E-state index in [1.807, 2.05) is 25.1 Å².